The molecule has 0 spiro atoms. The molecule has 0 heterocycles. The van der Waals surface area contributed by atoms with Crippen molar-refractivity contribution >= 4 is 0 Å². The molecule has 56 valence electrons. The molecule has 0 unspecified atom stereocenters. The molecule has 0 rings (SSSR count). The zero-order chi connectivity index (χ0) is 7.28. The molecule has 1 N–H and O–H groups in total. The maximum atomic E-state index is 10.2. The van der Waals surface area contributed by atoms with Gasteiger partial charge in [-0.05, 0) is 7.05 Å². The van der Waals surface area contributed by atoms with Crippen molar-refractivity contribution in [3.8, 4) is 0 Å². The highest BCUT2D eigenvalue weighted by atomic mass is 17.1. The standard InChI is InChI=1S/C3H9N3O3/c1-4-3-6(8)9-5(2)7/h4H,3H2,1-2H3/q-2. The van der Waals surface area contributed by atoms with Gasteiger partial charge in [0.25, 0.3) is 0 Å². The average Bonchev–Trinajstić information content (AvgIpc) is 1.63. The predicted octanol–water partition coefficient (Wildman–Crippen LogP) is -0.761. The summed E-state index contributed by atoms with van der Waals surface area (Å²) in [6.07, 6.45) is 0. The highest BCUT2D eigenvalue weighted by Gasteiger charge is 1.85. The first kappa shape index (κ1) is 8.76. The smallest absolute Gasteiger partial charge is 0.0612 e. The molecule has 0 fully saturated rings. The van der Waals surface area contributed by atoms with Crippen molar-refractivity contribution in [2.45, 2.75) is 0 Å². The summed E-state index contributed by atoms with van der Waals surface area (Å²) >= 11 is 0. The summed E-state index contributed by atoms with van der Waals surface area (Å²) in [6, 6.07) is 0. The molecule has 0 amide bonds. The van der Waals surface area contributed by atoms with E-state index in [0.717, 1.165) is 7.05 Å². The maximum Gasteiger partial charge on any atom is 0.0612 e. The Bertz CT molecular complexity index is 69.3. The summed E-state index contributed by atoms with van der Waals surface area (Å²) in [7, 11) is 2.65. The Morgan fingerprint density at radius 2 is 2.11 bits per heavy atom. The van der Waals surface area contributed by atoms with Crippen LogP contribution in [0.4, 0.5) is 0 Å². The number of rotatable bonds is 4. The lowest BCUT2D eigenvalue weighted by molar-refractivity contribution is -0.271. The normalized spacial score (nSPS) is 11.3. The molecule has 0 aromatic rings. The van der Waals surface area contributed by atoms with Gasteiger partial charge in [-0.1, -0.05) is 0 Å². The van der Waals surface area contributed by atoms with Crippen LogP contribution in [-0.4, -0.2) is 31.2 Å². The van der Waals surface area contributed by atoms with Crippen molar-refractivity contribution in [2.24, 2.45) is 0 Å². The molecule has 6 heteroatoms. The molecule has 0 aliphatic rings. The summed E-state index contributed by atoms with van der Waals surface area (Å²) < 4.78 is 0. The van der Waals surface area contributed by atoms with Gasteiger partial charge in [0.1, 0.15) is 0 Å². The Labute approximate surface area is 53.1 Å². The molecule has 0 aliphatic heterocycles. The Balaban J connectivity index is 3.15. The van der Waals surface area contributed by atoms with Gasteiger partial charge in [-0.3, -0.25) is 0 Å². The van der Waals surface area contributed by atoms with Gasteiger partial charge in [-0.25, -0.2) is 15.4 Å². The van der Waals surface area contributed by atoms with Gasteiger partial charge in [-0.2, -0.15) is 0 Å². The van der Waals surface area contributed by atoms with Crippen LogP contribution in [0.3, 0.4) is 0 Å². The van der Waals surface area contributed by atoms with Crippen LogP contribution in [-0.2, 0) is 4.94 Å². The van der Waals surface area contributed by atoms with Crippen LogP contribution in [0.2, 0.25) is 0 Å². The molecule has 0 bridgehead atoms. The van der Waals surface area contributed by atoms with E-state index in [1.807, 2.05) is 0 Å². The summed E-state index contributed by atoms with van der Waals surface area (Å²) in [5, 5.41) is 22.9. The topological polar surface area (TPSA) is 73.9 Å². The monoisotopic (exact) mass is 135 g/mol. The third kappa shape index (κ3) is 5.63. The Morgan fingerprint density at radius 1 is 1.56 bits per heavy atom. The van der Waals surface area contributed by atoms with E-state index in [1.165, 1.54) is 0 Å². The molecule has 0 saturated carbocycles. The molecule has 0 saturated heterocycles. The second-order valence-corrected chi connectivity index (χ2v) is 1.37. The summed E-state index contributed by atoms with van der Waals surface area (Å²) in [5.74, 6) is 0. The maximum absolute atomic E-state index is 10.2. The molecule has 0 radical (unpaired) electrons. The minimum atomic E-state index is -0.0351. The number of hydrogen-bond donors (Lipinski definition) is 1. The van der Waals surface area contributed by atoms with Gasteiger partial charge >= 0.3 is 0 Å². The zero-order valence-corrected chi connectivity index (χ0v) is 5.33. The first-order valence-corrected chi connectivity index (χ1v) is 2.35. The van der Waals surface area contributed by atoms with Crippen molar-refractivity contribution in [1.82, 2.24) is 15.8 Å². The fourth-order valence-corrected chi connectivity index (χ4v) is 0.286. The van der Waals surface area contributed by atoms with Crippen LogP contribution < -0.4 is 5.32 Å². The molecule has 0 aliphatic carbocycles. The first-order valence-electron chi connectivity index (χ1n) is 2.35. The lowest BCUT2D eigenvalue weighted by Gasteiger charge is -2.33. The van der Waals surface area contributed by atoms with Gasteiger partial charge in [0.05, 0.1) is 6.67 Å². The Morgan fingerprint density at radius 3 is 2.44 bits per heavy atom. The molecule has 9 heavy (non-hydrogen) atoms. The second kappa shape index (κ2) is 4.62. The highest BCUT2D eigenvalue weighted by molar-refractivity contribution is 4.36. The van der Waals surface area contributed by atoms with E-state index >= 15 is 0 Å². The third-order valence-electron chi connectivity index (χ3n) is 0.493. The van der Waals surface area contributed by atoms with Gasteiger partial charge in [0, 0.05) is 7.05 Å². The Hall–Kier alpha value is -0.240. The Kier molecular flexibility index (Phi) is 4.50. The fourth-order valence-electron chi connectivity index (χ4n) is 0.286. The highest BCUT2D eigenvalue weighted by Crippen LogP contribution is 1.85. The van der Waals surface area contributed by atoms with E-state index in [4.69, 9.17) is 0 Å². The van der Waals surface area contributed by atoms with Gasteiger partial charge < -0.3 is 15.7 Å². The summed E-state index contributed by atoms with van der Waals surface area (Å²) in [4.78, 5) is 3.98. The van der Waals surface area contributed by atoms with Crippen LogP contribution in [0.1, 0.15) is 0 Å². The molecule has 0 aromatic carbocycles. The third-order valence-corrected chi connectivity index (χ3v) is 0.493. The van der Waals surface area contributed by atoms with E-state index in [0.29, 0.717) is 0 Å². The van der Waals surface area contributed by atoms with Crippen molar-refractivity contribution in [3.63, 3.8) is 0 Å². The van der Waals surface area contributed by atoms with E-state index in [-0.39, 0.29) is 17.1 Å². The van der Waals surface area contributed by atoms with Crippen LogP contribution in [0.25, 0.3) is 0 Å². The van der Waals surface area contributed by atoms with Gasteiger partial charge in [0.2, 0.25) is 0 Å². The molecular formula is C3H9N3O3-2. The number of hydroxylamine groups is 4. The van der Waals surface area contributed by atoms with Crippen LogP contribution >= 0.6 is 0 Å². The number of nitrogens with zero attached hydrogens (tertiary/aromatic N) is 2. The molecule has 6 nitrogen and oxygen atoms in total. The lowest BCUT2D eigenvalue weighted by atomic mass is 11.1. The second-order valence-electron chi connectivity index (χ2n) is 1.37. The van der Waals surface area contributed by atoms with Crippen LogP contribution in [0.15, 0.2) is 0 Å². The quantitative estimate of drug-likeness (QED) is 0.403. The zero-order valence-electron chi connectivity index (χ0n) is 5.33. The first-order chi connectivity index (χ1) is 4.16. The van der Waals surface area contributed by atoms with E-state index in [2.05, 4.69) is 10.3 Å². The van der Waals surface area contributed by atoms with Crippen molar-refractivity contribution in [1.29, 1.82) is 0 Å². The molecular weight excluding hydrogens is 126 g/mol. The molecule has 0 aromatic heterocycles. The van der Waals surface area contributed by atoms with E-state index in [1.54, 1.807) is 7.05 Å². The lowest BCUT2D eigenvalue weighted by Crippen LogP contribution is -2.31. The minimum absolute atomic E-state index is 0.0351. The fraction of sp³-hybridized carbons (Fsp3) is 1.00. The van der Waals surface area contributed by atoms with Gasteiger partial charge in [-0.15, -0.1) is 0 Å². The van der Waals surface area contributed by atoms with E-state index in [9.17, 15) is 10.4 Å². The van der Waals surface area contributed by atoms with Gasteiger partial charge in [0.15, 0.2) is 0 Å². The number of nitrogens with one attached hydrogen (secondary N) is 1. The average molecular weight is 135 g/mol. The van der Waals surface area contributed by atoms with E-state index < -0.39 is 0 Å². The van der Waals surface area contributed by atoms with Crippen LogP contribution in [0, 0.1) is 10.4 Å². The summed E-state index contributed by atoms with van der Waals surface area (Å²) in [6.45, 7) is -0.0351. The van der Waals surface area contributed by atoms with Crippen molar-refractivity contribution < 1.29 is 4.94 Å². The predicted molar refractivity (Wildman–Crippen MR) is 31.3 cm³/mol. The van der Waals surface area contributed by atoms with Crippen LogP contribution in [0.5, 0.6) is 0 Å². The largest absolute Gasteiger partial charge is 0.761 e. The summed E-state index contributed by atoms with van der Waals surface area (Å²) in [5.41, 5.74) is 0. The SMILES string of the molecule is CNCN([O-])ON(C)[O-]. The number of hydrogen-bond acceptors (Lipinski definition) is 6. The van der Waals surface area contributed by atoms with Crippen molar-refractivity contribution in [2.75, 3.05) is 20.8 Å². The molecule has 0 atom stereocenters. The van der Waals surface area contributed by atoms with Crippen molar-refractivity contribution in [3.05, 3.63) is 10.4 Å². The minimum Gasteiger partial charge on any atom is -0.761 e.